The summed E-state index contributed by atoms with van der Waals surface area (Å²) in [7, 11) is 0. The Kier molecular flexibility index (Phi) is 4.35. The molecule has 0 spiro atoms. The van der Waals surface area contributed by atoms with E-state index in [-0.39, 0.29) is 17.7 Å². The summed E-state index contributed by atoms with van der Waals surface area (Å²) in [6.07, 6.45) is 0. The molecule has 106 valence electrons. The van der Waals surface area contributed by atoms with Crippen molar-refractivity contribution in [2.75, 3.05) is 11.4 Å². The summed E-state index contributed by atoms with van der Waals surface area (Å²) >= 11 is 0. The van der Waals surface area contributed by atoms with Gasteiger partial charge in [0.05, 0.1) is 5.69 Å². The molecule has 2 nitrogen and oxygen atoms in total. The highest BCUT2D eigenvalue weighted by molar-refractivity contribution is 5.67. The van der Waals surface area contributed by atoms with Gasteiger partial charge in [0.2, 0.25) is 0 Å². The molecule has 2 aromatic carbocycles. The molecular weight excluding hydrogens is 258 g/mol. The van der Waals surface area contributed by atoms with Gasteiger partial charge >= 0.3 is 0 Å². The van der Waals surface area contributed by atoms with E-state index in [1.54, 1.807) is 23.1 Å². The highest BCUT2D eigenvalue weighted by Crippen LogP contribution is 2.33. The lowest BCUT2D eigenvalue weighted by Crippen LogP contribution is -2.21. The summed E-state index contributed by atoms with van der Waals surface area (Å²) in [6.45, 7) is 4.30. The van der Waals surface area contributed by atoms with Gasteiger partial charge in [-0.1, -0.05) is 12.1 Å². The van der Waals surface area contributed by atoms with Crippen molar-refractivity contribution in [1.29, 1.82) is 0 Å². The molecule has 2 aromatic rings. The van der Waals surface area contributed by atoms with E-state index < -0.39 is 0 Å². The average molecular weight is 276 g/mol. The van der Waals surface area contributed by atoms with Crippen molar-refractivity contribution in [3.63, 3.8) is 0 Å². The van der Waals surface area contributed by atoms with E-state index >= 15 is 0 Å². The zero-order chi connectivity index (χ0) is 14.7. The summed E-state index contributed by atoms with van der Waals surface area (Å²) in [5, 5.41) is 0. The van der Waals surface area contributed by atoms with E-state index in [1.807, 2.05) is 19.9 Å². The first-order chi connectivity index (χ1) is 9.54. The lowest BCUT2D eigenvalue weighted by molar-refractivity contribution is 0.619. The van der Waals surface area contributed by atoms with Crippen LogP contribution in [0.15, 0.2) is 42.5 Å². The molecule has 2 rings (SSSR count). The maximum absolute atomic E-state index is 14.2. The zero-order valence-electron chi connectivity index (χ0n) is 11.6. The fourth-order valence-corrected chi connectivity index (χ4v) is 2.28. The van der Waals surface area contributed by atoms with E-state index in [0.29, 0.717) is 12.2 Å². The molecular formula is C16H18F2N2. The fraction of sp³-hybridized carbons (Fsp3) is 0.250. The minimum absolute atomic E-state index is 0.282. The Balaban J connectivity index is 2.54. The molecule has 0 bridgehead atoms. The molecule has 0 aliphatic carbocycles. The van der Waals surface area contributed by atoms with Crippen LogP contribution >= 0.6 is 0 Å². The van der Waals surface area contributed by atoms with Crippen LogP contribution in [0.5, 0.6) is 0 Å². The highest BCUT2D eigenvalue weighted by atomic mass is 19.1. The second kappa shape index (κ2) is 6.01. The van der Waals surface area contributed by atoms with Gasteiger partial charge in [-0.25, -0.2) is 8.78 Å². The summed E-state index contributed by atoms with van der Waals surface area (Å²) in [6, 6.07) is 10.6. The minimum atomic E-state index is -0.328. The largest absolute Gasteiger partial charge is 0.339 e. The molecule has 0 aromatic heterocycles. The summed E-state index contributed by atoms with van der Waals surface area (Å²) in [5.41, 5.74) is 7.85. The molecule has 0 fully saturated rings. The van der Waals surface area contributed by atoms with Gasteiger partial charge in [0.25, 0.3) is 0 Å². The summed E-state index contributed by atoms with van der Waals surface area (Å²) in [5.74, 6) is -0.642. The van der Waals surface area contributed by atoms with Crippen LogP contribution in [0.1, 0.15) is 25.5 Å². The number of benzene rings is 2. The van der Waals surface area contributed by atoms with E-state index in [0.717, 1.165) is 11.3 Å². The molecule has 0 aliphatic heterocycles. The lowest BCUT2D eigenvalue weighted by atomic mass is 10.0. The molecule has 20 heavy (non-hydrogen) atoms. The van der Waals surface area contributed by atoms with E-state index in [9.17, 15) is 8.78 Å². The maximum atomic E-state index is 14.2. The number of hydrogen-bond acceptors (Lipinski definition) is 2. The van der Waals surface area contributed by atoms with Crippen molar-refractivity contribution in [3.8, 4) is 0 Å². The normalized spacial score (nSPS) is 12.2. The quantitative estimate of drug-likeness (QED) is 0.909. The fourth-order valence-electron chi connectivity index (χ4n) is 2.28. The predicted molar refractivity (Wildman–Crippen MR) is 78.1 cm³/mol. The Morgan fingerprint density at radius 2 is 1.75 bits per heavy atom. The van der Waals surface area contributed by atoms with Crippen molar-refractivity contribution in [2.45, 2.75) is 19.9 Å². The van der Waals surface area contributed by atoms with Gasteiger partial charge in [-0.2, -0.15) is 0 Å². The van der Waals surface area contributed by atoms with E-state index in [4.69, 9.17) is 5.73 Å². The van der Waals surface area contributed by atoms with Gasteiger partial charge in [-0.3, -0.25) is 0 Å². The van der Waals surface area contributed by atoms with Gasteiger partial charge in [0.1, 0.15) is 11.6 Å². The van der Waals surface area contributed by atoms with Crippen molar-refractivity contribution in [1.82, 2.24) is 0 Å². The Hall–Kier alpha value is -1.94. The third-order valence-electron chi connectivity index (χ3n) is 3.23. The van der Waals surface area contributed by atoms with Gasteiger partial charge in [-0.15, -0.1) is 0 Å². The molecule has 4 heteroatoms. The molecule has 0 aliphatic rings. The molecule has 0 saturated heterocycles. The van der Waals surface area contributed by atoms with E-state index in [1.165, 1.54) is 18.2 Å². The molecule has 0 heterocycles. The van der Waals surface area contributed by atoms with Crippen molar-refractivity contribution in [2.24, 2.45) is 5.73 Å². The number of nitrogens with two attached hydrogens (primary N) is 1. The van der Waals surface area contributed by atoms with Crippen molar-refractivity contribution in [3.05, 3.63) is 59.7 Å². The number of anilines is 2. The standard InChI is InChI=1S/C16H18F2N2/c1-3-20(13-9-7-12(17)8-10-13)16-14(11(2)19)5-4-6-15(16)18/h4-11H,3,19H2,1-2H3/t11-/m0/s1. The van der Waals surface area contributed by atoms with E-state index in [2.05, 4.69) is 0 Å². The summed E-state index contributed by atoms with van der Waals surface area (Å²) < 4.78 is 27.3. The lowest BCUT2D eigenvalue weighted by Gasteiger charge is -2.27. The Labute approximate surface area is 117 Å². The molecule has 2 N–H and O–H groups in total. The molecule has 1 atom stereocenters. The SMILES string of the molecule is CCN(c1ccc(F)cc1)c1c(F)cccc1[C@H](C)N. The molecule has 0 unspecified atom stereocenters. The monoisotopic (exact) mass is 276 g/mol. The van der Waals surface area contributed by atoms with Crippen LogP contribution in [0, 0.1) is 11.6 Å². The smallest absolute Gasteiger partial charge is 0.147 e. The van der Waals surface area contributed by atoms with Crippen LogP contribution in [0.3, 0.4) is 0 Å². The maximum Gasteiger partial charge on any atom is 0.147 e. The minimum Gasteiger partial charge on any atom is -0.339 e. The first-order valence-corrected chi connectivity index (χ1v) is 6.61. The van der Waals surface area contributed by atoms with Gasteiger partial charge < -0.3 is 10.6 Å². The average Bonchev–Trinajstić information content (AvgIpc) is 2.43. The third kappa shape index (κ3) is 2.80. The first-order valence-electron chi connectivity index (χ1n) is 6.61. The predicted octanol–water partition coefficient (Wildman–Crippen LogP) is 4.14. The van der Waals surface area contributed by atoms with Crippen LogP contribution in [-0.2, 0) is 0 Å². The second-order valence-electron chi connectivity index (χ2n) is 4.69. The van der Waals surface area contributed by atoms with Crippen molar-refractivity contribution >= 4 is 11.4 Å². The first kappa shape index (κ1) is 14.5. The molecule has 0 amide bonds. The third-order valence-corrected chi connectivity index (χ3v) is 3.23. The number of para-hydroxylation sites is 1. The van der Waals surface area contributed by atoms with Gasteiger partial charge in [0, 0.05) is 18.3 Å². The zero-order valence-corrected chi connectivity index (χ0v) is 11.6. The topological polar surface area (TPSA) is 29.3 Å². The Morgan fingerprint density at radius 1 is 1.10 bits per heavy atom. The van der Waals surface area contributed by atoms with Crippen LogP contribution in [0.2, 0.25) is 0 Å². The van der Waals surface area contributed by atoms with Crippen LogP contribution in [0.4, 0.5) is 20.2 Å². The van der Waals surface area contributed by atoms with Crippen LogP contribution in [0.25, 0.3) is 0 Å². The molecule has 0 saturated carbocycles. The number of nitrogens with zero attached hydrogens (tertiary/aromatic N) is 1. The van der Waals surface area contributed by atoms with Crippen LogP contribution < -0.4 is 10.6 Å². The van der Waals surface area contributed by atoms with Gasteiger partial charge in [-0.05, 0) is 49.7 Å². The second-order valence-corrected chi connectivity index (χ2v) is 4.69. The van der Waals surface area contributed by atoms with Crippen molar-refractivity contribution < 1.29 is 8.78 Å². The van der Waals surface area contributed by atoms with Crippen LogP contribution in [-0.4, -0.2) is 6.54 Å². The van der Waals surface area contributed by atoms with Gasteiger partial charge in [0.15, 0.2) is 0 Å². The number of rotatable bonds is 4. The number of halogens is 2. The number of hydrogen-bond donors (Lipinski definition) is 1. The Morgan fingerprint density at radius 3 is 2.30 bits per heavy atom. The Bertz CT molecular complexity index is 580. The highest BCUT2D eigenvalue weighted by Gasteiger charge is 2.18. The summed E-state index contributed by atoms with van der Waals surface area (Å²) in [4.78, 5) is 1.80. The molecule has 0 radical (unpaired) electrons.